The first-order valence-corrected chi connectivity index (χ1v) is 4.33. The Balaban J connectivity index is 0.000000671. The van der Waals surface area contributed by atoms with Crippen LogP contribution in [0.4, 0.5) is 0 Å². The van der Waals surface area contributed by atoms with E-state index in [2.05, 4.69) is 23.1 Å². The summed E-state index contributed by atoms with van der Waals surface area (Å²) in [7, 11) is 0. The molecule has 70 valence electrons. The average molecular weight is 176 g/mol. The zero-order valence-electron chi connectivity index (χ0n) is 8.25. The summed E-state index contributed by atoms with van der Waals surface area (Å²) in [6.45, 7) is 11.3. The normalized spacial score (nSPS) is 9.85. The molecule has 2 nitrogen and oxygen atoms in total. The number of aromatic amines is 1. The average Bonchev–Trinajstić information content (AvgIpc) is 2.70. The van der Waals surface area contributed by atoms with E-state index in [-0.39, 0.29) is 0 Å². The van der Waals surface area contributed by atoms with Crippen LogP contribution in [0.25, 0.3) is 5.57 Å². The molecule has 0 aromatic carbocycles. The van der Waals surface area contributed by atoms with Gasteiger partial charge in [-0.05, 0) is 0 Å². The van der Waals surface area contributed by atoms with Gasteiger partial charge in [0, 0.05) is 18.0 Å². The number of H-pyrrole nitrogens is 1. The van der Waals surface area contributed by atoms with Crippen molar-refractivity contribution in [1.29, 1.82) is 0 Å². The Kier molecular flexibility index (Phi) is 6.24. The van der Waals surface area contributed by atoms with Gasteiger partial charge in [0.1, 0.15) is 5.82 Å². The third-order valence-corrected chi connectivity index (χ3v) is 1.29. The predicted molar refractivity (Wildman–Crippen MR) is 58.3 cm³/mol. The van der Waals surface area contributed by atoms with Crippen molar-refractivity contribution in [2.24, 2.45) is 0 Å². The van der Waals surface area contributed by atoms with Gasteiger partial charge in [0.15, 0.2) is 0 Å². The summed E-state index contributed by atoms with van der Waals surface area (Å²) < 4.78 is 0. The van der Waals surface area contributed by atoms with Crippen LogP contribution < -0.4 is 0 Å². The van der Waals surface area contributed by atoms with E-state index in [4.69, 9.17) is 0 Å². The predicted octanol–water partition coefficient (Wildman–Crippen LogP) is 3.19. The molecule has 0 spiro atoms. The van der Waals surface area contributed by atoms with Crippen LogP contribution in [0.15, 0.2) is 43.8 Å². The van der Waals surface area contributed by atoms with Crippen molar-refractivity contribution < 1.29 is 0 Å². The zero-order valence-corrected chi connectivity index (χ0v) is 8.25. The van der Waals surface area contributed by atoms with Crippen LogP contribution in [0.2, 0.25) is 0 Å². The Morgan fingerprint density at radius 3 is 2.54 bits per heavy atom. The molecule has 0 bridgehead atoms. The summed E-state index contributed by atoms with van der Waals surface area (Å²) in [5, 5.41) is 0. The first kappa shape index (κ1) is 11.4. The third-order valence-electron chi connectivity index (χ3n) is 1.29. The standard InChI is InChI=1S/C9H10N2.C2H6/c1-3-5-8(4-2)9-10-6-7-11-9;1-2/h3-7H,1-2H2,(H,10,11);1-2H3/b8-5+;. The minimum Gasteiger partial charge on any atom is -0.345 e. The Bertz CT molecular complexity index is 268. The number of hydrogen-bond donors (Lipinski definition) is 1. The van der Waals surface area contributed by atoms with Crippen LogP contribution in [-0.4, -0.2) is 9.97 Å². The second-order valence-electron chi connectivity index (χ2n) is 2.00. The number of hydrogen-bond acceptors (Lipinski definition) is 1. The van der Waals surface area contributed by atoms with Crippen LogP contribution in [-0.2, 0) is 0 Å². The van der Waals surface area contributed by atoms with Crippen molar-refractivity contribution >= 4 is 5.57 Å². The topological polar surface area (TPSA) is 28.7 Å². The van der Waals surface area contributed by atoms with Crippen LogP contribution in [0.1, 0.15) is 19.7 Å². The monoisotopic (exact) mass is 176 g/mol. The summed E-state index contributed by atoms with van der Waals surface area (Å²) in [4.78, 5) is 7.04. The smallest absolute Gasteiger partial charge is 0.137 e. The fourth-order valence-corrected chi connectivity index (χ4v) is 0.794. The molecule has 1 aromatic heterocycles. The molecular weight excluding hydrogens is 160 g/mol. The second kappa shape index (κ2) is 7.10. The van der Waals surface area contributed by atoms with E-state index >= 15 is 0 Å². The maximum absolute atomic E-state index is 4.06. The van der Waals surface area contributed by atoms with E-state index in [1.54, 1.807) is 24.5 Å². The van der Waals surface area contributed by atoms with Crippen LogP contribution >= 0.6 is 0 Å². The van der Waals surface area contributed by atoms with Gasteiger partial charge < -0.3 is 4.98 Å². The molecule has 0 unspecified atom stereocenters. The Morgan fingerprint density at radius 1 is 1.46 bits per heavy atom. The molecule has 0 saturated heterocycles. The highest BCUT2D eigenvalue weighted by molar-refractivity contribution is 5.69. The molecule has 1 rings (SSSR count). The number of nitrogens with one attached hydrogen (secondary N) is 1. The Morgan fingerprint density at radius 2 is 2.15 bits per heavy atom. The van der Waals surface area contributed by atoms with Crippen molar-refractivity contribution in [3.63, 3.8) is 0 Å². The van der Waals surface area contributed by atoms with E-state index in [0.717, 1.165) is 11.4 Å². The van der Waals surface area contributed by atoms with Crippen molar-refractivity contribution in [3.05, 3.63) is 49.6 Å². The fraction of sp³-hybridized carbons (Fsp3) is 0.182. The van der Waals surface area contributed by atoms with Gasteiger partial charge in [-0.2, -0.15) is 0 Å². The van der Waals surface area contributed by atoms with Gasteiger partial charge in [-0.3, -0.25) is 0 Å². The molecule has 2 heteroatoms. The van der Waals surface area contributed by atoms with Gasteiger partial charge >= 0.3 is 0 Å². The summed E-state index contributed by atoms with van der Waals surface area (Å²) in [5.74, 6) is 0.819. The Labute approximate surface area is 79.7 Å². The van der Waals surface area contributed by atoms with Gasteiger partial charge in [-0.1, -0.05) is 45.2 Å². The maximum Gasteiger partial charge on any atom is 0.137 e. The van der Waals surface area contributed by atoms with Crippen molar-refractivity contribution in [3.8, 4) is 0 Å². The van der Waals surface area contributed by atoms with E-state index < -0.39 is 0 Å². The molecule has 0 fully saturated rings. The number of allylic oxidation sites excluding steroid dienone is 4. The lowest BCUT2D eigenvalue weighted by Gasteiger charge is -1.92. The lowest BCUT2D eigenvalue weighted by Crippen LogP contribution is -1.81. The molecule has 0 aliphatic carbocycles. The van der Waals surface area contributed by atoms with Crippen molar-refractivity contribution in [2.45, 2.75) is 13.8 Å². The third kappa shape index (κ3) is 3.56. The van der Waals surface area contributed by atoms with Crippen LogP contribution in [0.3, 0.4) is 0 Å². The molecular formula is C11H16N2. The lowest BCUT2D eigenvalue weighted by atomic mass is 10.2. The summed E-state index contributed by atoms with van der Waals surface area (Å²) in [6.07, 6.45) is 8.78. The van der Waals surface area contributed by atoms with E-state index in [1.807, 2.05) is 19.9 Å². The molecule has 0 aliphatic heterocycles. The van der Waals surface area contributed by atoms with Gasteiger partial charge in [-0.15, -0.1) is 0 Å². The zero-order chi connectivity index (χ0) is 10.1. The first-order valence-electron chi connectivity index (χ1n) is 4.33. The van der Waals surface area contributed by atoms with Crippen molar-refractivity contribution in [1.82, 2.24) is 9.97 Å². The summed E-state index contributed by atoms with van der Waals surface area (Å²) in [5.41, 5.74) is 0.949. The lowest BCUT2D eigenvalue weighted by molar-refractivity contribution is 1.25. The number of aromatic nitrogens is 2. The molecule has 1 aromatic rings. The van der Waals surface area contributed by atoms with Crippen molar-refractivity contribution in [2.75, 3.05) is 0 Å². The number of imidazole rings is 1. The number of nitrogens with zero attached hydrogens (tertiary/aromatic N) is 1. The highest BCUT2D eigenvalue weighted by atomic mass is 14.9. The Hall–Kier alpha value is -1.57. The second-order valence-corrected chi connectivity index (χ2v) is 2.00. The minimum absolute atomic E-state index is 0.819. The molecule has 0 saturated carbocycles. The molecule has 1 heterocycles. The molecule has 0 atom stereocenters. The van der Waals surface area contributed by atoms with E-state index in [1.165, 1.54) is 0 Å². The van der Waals surface area contributed by atoms with Gasteiger partial charge in [0.25, 0.3) is 0 Å². The number of rotatable bonds is 3. The van der Waals surface area contributed by atoms with Crippen LogP contribution in [0.5, 0.6) is 0 Å². The largest absolute Gasteiger partial charge is 0.345 e. The molecule has 0 radical (unpaired) electrons. The van der Waals surface area contributed by atoms with Gasteiger partial charge in [0.2, 0.25) is 0 Å². The summed E-state index contributed by atoms with van der Waals surface area (Å²) >= 11 is 0. The van der Waals surface area contributed by atoms with Gasteiger partial charge in [0.05, 0.1) is 0 Å². The maximum atomic E-state index is 4.06. The summed E-state index contributed by atoms with van der Waals surface area (Å²) in [6, 6.07) is 0. The highest BCUT2D eigenvalue weighted by Crippen LogP contribution is 2.08. The molecule has 0 amide bonds. The SMILES string of the molecule is C=C/C=C(\C=C)c1ncc[nH]1.CC. The minimum atomic E-state index is 0.819. The quantitative estimate of drug-likeness (QED) is 0.704. The molecule has 13 heavy (non-hydrogen) atoms. The molecule has 1 N–H and O–H groups in total. The van der Waals surface area contributed by atoms with Crippen LogP contribution in [0, 0.1) is 0 Å². The highest BCUT2D eigenvalue weighted by Gasteiger charge is 1.95. The van der Waals surface area contributed by atoms with E-state index in [9.17, 15) is 0 Å². The molecule has 0 aliphatic rings. The first-order chi connectivity index (χ1) is 6.38. The van der Waals surface area contributed by atoms with E-state index in [0.29, 0.717) is 0 Å². The van der Waals surface area contributed by atoms with Gasteiger partial charge in [-0.25, -0.2) is 4.98 Å². The fourth-order valence-electron chi connectivity index (χ4n) is 0.794.